The fourth-order valence-corrected chi connectivity index (χ4v) is 3.95. The fraction of sp³-hybridized carbons (Fsp3) is 0.733. The molecule has 0 aromatic carbocycles. The average Bonchev–Trinajstić information content (AvgIpc) is 2.76. The molecule has 0 aliphatic heterocycles. The number of nitrogens with zero attached hydrogens (tertiary/aromatic N) is 1. The Kier molecular flexibility index (Phi) is 4.82. The highest BCUT2D eigenvalue weighted by molar-refractivity contribution is 7.07. The van der Waals surface area contributed by atoms with Gasteiger partial charge in [-0.3, -0.25) is 0 Å². The third kappa shape index (κ3) is 3.56. The van der Waals surface area contributed by atoms with Gasteiger partial charge in [-0.2, -0.15) is 11.3 Å². The van der Waals surface area contributed by atoms with E-state index in [1.807, 2.05) is 0 Å². The maximum Gasteiger partial charge on any atom is 0.0585 e. The summed E-state index contributed by atoms with van der Waals surface area (Å²) in [6.45, 7) is 6.55. The standard InChI is InChI=1S/C15H25NOS/c1-11-6-12(2)14(15(17)7-11)9-16(3)8-13-4-5-18-10-13/h4-5,10-12,14-15,17H,6-9H2,1-3H3. The van der Waals surface area contributed by atoms with E-state index in [-0.39, 0.29) is 6.10 Å². The molecular formula is C15H25NOS. The van der Waals surface area contributed by atoms with E-state index < -0.39 is 0 Å². The second kappa shape index (κ2) is 6.18. The zero-order chi connectivity index (χ0) is 13.1. The molecular weight excluding hydrogens is 242 g/mol. The van der Waals surface area contributed by atoms with Crippen molar-refractivity contribution in [2.75, 3.05) is 13.6 Å². The molecule has 0 bridgehead atoms. The molecule has 0 spiro atoms. The van der Waals surface area contributed by atoms with Crippen molar-refractivity contribution >= 4 is 11.3 Å². The van der Waals surface area contributed by atoms with Gasteiger partial charge in [0.05, 0.1) is 6.10 Å². The van der Waals surface area contributed by atoms with E-state index in [0.29, 0.717) is 17.8 Å². The largest absolute Gasteiger partial charge is 0.393 e. The summed E-state index contributed by atoms with van der Waals surface area (Å²) in [7, 11) is 2.16. The fourth-order valence-electron chi connectivity index (χ4n) is 3.29. The van der Waals surface area contributed by atoms with Crippen LogP contribution in [0.3, 0.4) is 0 Å². The second-order valence-corrected chi connectivity index (χ2v) is 6.89. The predicted octanol–water partition coefficient (Wildman–Crippen LogP) is 3.22. The van der Waals surface area contributed by atoms with E-state index in [1.54, 1.807) is 11.3 Å². The molecule has 0 saturated heterocycles. The first-order valence-corrected chi connectivity index (χ1v) is 7.88. The second-order valence-electron chi connectivity index (χ2n) is 6.11. The van der Waals surface area contributed by atoms with Crippen molar-refractivity contribution in [3.05, 3.63) is 22.4 Å². The summed E-state index contributed by atoms with van der Waals surface area (Å²) < 4.78 is 0. The van der Waals surface area contributed by atoms with E-state index in [0.717, 1.165) is 19.5 Å². The van der Waals surface area contributed by atoms with E-state index in [2.05, 4.69) is 42.6 Å². The lowest BCUT2D eigenvalue weighted by atomic mass is 9.73. The van der Waals surface area contributed by atoms with Crippen LogP contribution in [0.5, 0.6) is 0 Å². The highest BCUT2D eigenvalue weighted by Crippen LogP contribution is 2.34. The zero-order valence-electron chi connectivity index (χ0n) is 11.7. The van der Waals surface area contributed by atoms with Crippen LogP contribution in [0.2, 0.25) is 0 Å². The number of aliphatic hydroxyl groups is 1. The van der Waals surface area contributed by atoms with Crippen LogP contribution < -0.4 is 0 Å². The molecule has 1 heterocycles. The molecule has 4 unspecified atom stereocenters. The molecule has 18 heavy (non-hydrogen) atoms. The van der Waals surface area contributed by atoms with Gasteiger partial charge in [0, 0.05) is 19.0 Å². The summed E-state index contributed by atoms with van der Waals surface area (Å²) in [6.07, 6.45) is 2.11. The smallest absolute Gasteiger partial charge is 0.0585 e. The number of hydrogen-bond acceptors (Lipinski definition) is 3. The first-order valence-electron chi connectivity index (χ1n) is 6.94. The minimum atomic E-state index is -0.117. The maximum absolute atomic E-state index is 10.3. The van der Waals surface area contributed by atoms with E-state index >= 15 is 0 Å². The number of rotatable bonds is 4. The number of hydrogen-bond donors (Lipinski definition) is 1. The molecule has 0 radical (unpaired) electrons. The Morgan fingerprint density at radius 2 is 2.17 bits per heavy atom. The maximum atomic E-state index is 10.3. The molecule has 1 fully saturated rings. The van der Waals surface area contributed by atoms with Gasteiger partial charge in [0.25, 0.3) is 0 Å². The summed E-state index contributed by atoms with van der Waals surface area (Å²) in [5.41, 5.74) is 1.38. The minimum Gasteiger partial charge on any atom is -0.393 e. The van der Waals surface area contributed by atoms with Gasteiger partial charge in [-0.15, -0.1) is 0 Å². The molecule has 2 rings (SSSR count). The first-order chi connectivity index (χ1) is 8.56. The van der Waals surface area contributed by atoms with E-state index in [9.17, 15) is 5.11 Å². The molecule has 3 heteroatoms. The Bertz CT molecular complexity index is 339. The highest BCUT2D eigenvalue weighted by atomic mass is 32.1. The van der Waals surface area contributed by atoms with Gasteiger partial charge in [-0.25, -0.2) is 0 Å². The van der Waals surface area contributed by atoms with E-state index in [1.165, 1.54) is 12.0 Å². The van der Waals surface area contributed by atoms with Gasteiger partial charge >= 0.3 is 0 Å². The van der Waals surface area contributed by atoms with Crippen molar-refractivity contribution in [3.63, 3.8) is 0 Å². The van der Waals surface area contributed by atoms with Crippen LogP contribution in [0.15, 0.2) is 16.8 Å². The summed E-state index contributed by atoms with van der Waals surface area (Å²) in [4.78, 5) is 2.35. The Morgan fingerprint density at radius 1 is 1.39 bits per heavy atom. The number of thiophene rings is 1. The molecule has 1 saturated carbocycles. The molecule has 1 aliphatic rings. The molecule has 2 nitrogen and oxygen atoms in total. The normalized spacial score (nSPS) is 32.9. The predicted molar refractivity (Wildman–Crippen MR) is 77.7 cm³/mol. The molecule has 102 valence electrons. The van der Waals surface area contributed by atoms with Crippen molar-refractivity contribution in [2.24, 2.45) is 17.8 Å². The van der Waals surface area contributed by atoms with Crippen LogP contribution in [0.4, 0.5) is 0 Å². The first kappa shape index (κ1) is 14.0. The lowest BCUT2D eigenvalue weighted by Crippen LogP contribution is -2.41. The van der Waals surface area contributed by atoms with Crippen molar-refractivity contribution < 1.29 is 5.11 Å². The average molecular weight is 267 g/mol. The van der Waals surface area contributed by atoms with Gasteiger partial charge in [-0.05, 0) is 54.1 Å². The molecule has 1 N–H and O–H groups in total. The van der Waals surface area contributed by atoms with Gasteiger partial charge in [0.2, 0.25) is 0 Å². The summed E-state index contributed by atoms with van der Waals surface area (Å²) in [6, 6.07) is 2.18. The van der Waals surface area contributed by atoms with Crippen LogP contribution in [0, 0.1) is 17.8 Å². The third-order valence-electron chi connectivity index (χ3n) is 4.20. The monoisotopic (exact) mass is 267 g/mol. The molecule has 1 aliphatic carbocycles. The minimum absolute atomic E-state index is 0.117. The summed E-state index contributed by atoms with van der Waals surface area (Å²) in [5, 5.41) is 14.6. The SMILES string of the molecule is CC1CC(C)C(CN(C)Cc2ccsc2)C(O)C1. The third-order valence-corrected chi connectivity index (χ3v) is 4.93. The topological polar surface area (TPSA) is 23.5 Å². The molecule has 4 atom stereocenters. The van der Waals surface area contributed by atoms with Crippen LogP contribution >= 0.6 is 11.3 Å². The van der Waals surface area contributed by atoms with Crippen molar-refractivity contribution in [1.82, 2.24) is 4.90 Å². The van der Waals surface area contributed by atoms with Gasteiger partial charge < -0.3 is 10.0 Å². The van der Waals surface area contributed by atoms with Crippen LogP contribution in [-0.4, -0.2) is 29.7 Å². The Balaban J connectivity index is 1.87. The van der Waals surface area contributed by atoms with Crippen LogP contribution in [0.25, 0.3) is 0 Å². The van der Waals surface area contributed by atoms with Crippen molar-refractivity contribution in [1.29, 1.82) is 0 Å². The zero-order valence-corrected chi connectivity index (χ0v) is 12.5. The Morgan fingerprint density at radius 3 is 2.78 bits per heavy atom. The summed E-state index contributed by atoms with van der Waals surface area (Å²) in [5.74, 6) is 1.74. The van der Waals surface area contributed by atoms with Crippen LogP contribution in [-0.2, 0) is 6.54 Å². The quantitative estimate of drug-likeness (QED) is 0.905. The highest BCUT2D eigenvalue weighted by Gasteiger charge is 2.33. The lowest BCUT2D eigenvalue weighted by Gasteiger charge is -2.38. The lowest BCUT2D eigenvalue weighted by molar-refractivity contribution is 0.000609. The van der Waals surface area contributed by atoms with Gasteiger partial charge in [-0.1, -0.05) is 13.8 Å². The number of aliphatic hydroxyl groups excluding tert-OH is 1. The van der Waals surface area contributed by atoms with Crippen LogP contribution in [0.1, 0.15) is 32.3 Å². The Hall–Kier alpha value is -0.380. The van der Waals surface area contributed by atoms with Crippen molar-refractivity contribution in [3.8, 4) is 0 Å². The summed E-state index contributed by atoms with van der Waals surface area (Å²) >= 11 is 1.75. The van der Waals surface area contributed by atoms with Gasteiger partial charge in [0.15, 0.2) is 0 Å². The molecule has 1 aromatic heterocycles. The van der Waals surface area contributed by atoms with E-state index in [4.69, 9.17) is 0 Å². The molecule has 1 aromatic rings. The van der Waals surface area contributed by atoms with Gasteiger partial charge in [0.1, 0.15) is 0 Å². The van der Waals surface area contributed by atoms with Crippen molar-refractivity contribution in [2.45, 2.75) is 39.3 Å². The molecule has 0 amide bonds. The Labute approximate surface area is 115 Å².